The number of rotatable bonds is 5. The van der Waals surface area contributed by atoms with Gasteiger partial charge >= 0.3 is 6.03 Å². The van der Waals surface area contributed by atoms with E-state index in [1.165, 1.54) is 0 Å². The topological polar surface area (TPSA) is 59.6 Å². The SMILES string of the molecule is CC1(C)Cc2cccc(OCCNC(=O)Nc3ccccc3)c2O1. The summed E-state index contributed by atoms with van der Waals surface area (Å²) in [5.41, 5.74) is 1.72. The first kappa shape index (κ1) is 16.2. The van der Waals surface area contributed by atoms with Crippen LogP contribution in [0.2, 0.25) is 0 Å². The highest BCUT2D eigenvalue weighted by atomic mass is 16.5. The summed E-state index contributed by atoms with van der Waals surface area (Å²) in [7, 11) is 0. The lowest BCUT2D eigenvalue weighted by atomic mass is 10.0. The molecule has 2 aromatic carbocycles. The third kappa shape index (κ3) is 3.98. The molecule has 0 aromatic heterocycles. The van der Waals surface area contributed by atoms with Crippen molar-refractivity contribution in [2.45, 2.75) is 25.9 Å². The number of ether oxygens (including phenoxy) is 2. The van der Waals surface area contributed by atoms with E-state index < -0.39 is 0 Å². The molecule has 0 radical (unpaired) electrons. The monoisotopic (exact) mass is 326 g/mol. The Morgan fingerprint density at radius 2 is 1.96 bits per heavy atom. The average Bonchev–Trinajstić information content (AvgIpc) is 2.87. The fourth-order valence-corrected chi connectivity index (χ4v) is 2.72. The van der Waals surface area contributed by atoms with Gasteiger partial charge < -0.3 is 20.1 Å². The molecule has 1 aliphatic heterocycles. The Bertz CT molecular complexity index is 714. The molecule has 0 unspecified atom stereocenters. The smallest absolute Gasteiger partial charge is 0.319 e. The average molecular weight is 326 g/mol. The number of hydrogen-bond acceptors (Lipinski definition) is 3. The third-order valence-corrected chi connectivity index (χ3v) is 3.73. The summed E-state index contributed by atoms with van der Waals surface area (Å²) < 4.78 is 11.7. The maximum absolute atomic E-state index is 11.8. The number of carbonyl (C=O) groups excluding carboxylic acids is 1. The van der Waals surface area contributed by atoms with Crippen LogP contribution < -0.4 is 20.1 Å². The third-order valence-electron chi connectivity index (χ3n) is 3.73. The van der Waals surface area contributed by atoms with Crippen LogP contribution in [-0.4, -0.2) is 24.8 Å². The highest BCUT2D eigenvalue weighted by Crippen LogP contribution is 2.41. The van der Waals surface area contributed by atoms with E-state index in [9.17, 15) is 4.79 Å². The lowest BCUT2D eigenvalue weighted by Crippen LogP contribution is -2.32. The molecule has 0 aliphatic carbocycles. The van der Waals surface area contributed by atoms with E-state index in [0.29, 0.717) is 13.2 Å². The molecule has 2 N–H and O–H groups in total. The van der Waals surface area contributed by atoms with Gasteiger partial charge in [0, 0.05) is 17.7 Å². The fourth-order valence-electron chi connectivity index (χ4n) is 2.72. The van der Waals surface area contributed by atoms with Gasteiger partial charge in [0.2, 0.25) is 0 Å². The van der Waals surface area contributed by atoms with Crippen LogP contribution in [-0.2, 0) is 6.42 Å². The molecule has 0 fully saturated rings. The van der Waals surface area contributed by atoms with E-state index in [1.807, 2.05) is 42.5 Å². The second kappa shape index (κ2) is 6.83. The van der Waals surface area contributed by atoms with E-state index in [4.69, 9.17) is 9.47 Å². The predicted octanol–water partition coefficient (Wildman–Crippen LogP) is 3.60. The molecule has 0 saturated carbocycles. The van der Waals surface area contributed by atoms with E-state index in [0.717, 1.165) is 29.2 Å². The van der Waals surface area contributed by atoms with E-state index >= 15 is 0 Å². The molecule has 5 nitrogen and oxygen atoms in total. The molecule has 5 heteroatoms. The molecule has 1 aliphatic rings. The predicted molar refractivity (Wildman–Crippen MR) is 93.8 cm³/mol. The summed E-state index contributed by atoms with van der Waals surface area (Å²) in [6, 6.07) is 15.0. The first-order valence-corrected chi connectivity index (χ1v) is 8.07. The molecule has 0 bridgehead atoms. The van der Waals surface area contributed by atoms with Crippen LogP contribution in [0.5, 0.6) is 11.5 Å². The van der Waals surface area contributed by atoms with Crippen molar-refractivity contribution < 1.29 is 14.3 Å². The fraction of sp³-hybridized carbons (Fsp3) is 0.316. The van der Waals surface area contributed by atoms with Gasteiger partial charge in [-0.3, -0.25) is 0 Å². The number of para-hydroxylation sites is 2. The molecule has 0 saturated heterocycles. The molecule has 0 atom stereocenters. The van der Waals surface area contributed by atoms with Crippen molar-refractivity contribution in [2.75, 3.05) is 18.5 Å². The summed E-state index contributed by atoms with van der Waals surface area (Å²) in [5, 5.41) is 5.53. The first-order valence-electron chi connectivity index (χ1n) is 8.07. The lowest BCUT2D eigenvalue weighted by Gasteiger charge is -2.18. The second-order valence-corrected chi connectivity index (χ2v) is 6.38. The minimum atomic E-state index is -0.250. The minimum Gasteiger partial charge on any atom is -0.488 e. The maximum atomic E-state index is 11.8. The van der Waals surface area contributed by atoms with Crippen molar-refractivity contribution in [2.24, 2.45) is 0 Å². The largest absolute Gasteiger partial charge is 0.488 e. The van der Waals surface area contributed by atoms with E-state index in [2.05, 4.69) is 30.5 Å². The Labute approximate surface area is 142 Å². The Hall–Kier alpha value is -2.69. The molecule has 0 spiro atoms. The van der Waals surface area contributed by atoms with Crippen LogP contribution in [0.4, 0.5) is 10.5 Å². The molecule has 24 heavy (non-hydrogen) atoms. The van der Waals surface area contributed by atoms with Gasteiger partial charge in [-0.1, -0.05) is 30.3 Å². The van der Waals surface area contributed by atoms with Crippen LogP contribution in [0.15, 0.2) is 48.5 Å². The van der Waals surface area contributed by atoms with E-state index in [1.54, 1.807) is 0 Å². The van der Waals surface area contributed by atoms with Crippen molar-refractivity contribution >= 4 is 11.7 Å². The summed E-state index contributed by atoms with van der Waals surface area (Å²) in [4.78, 5) is 11.8. The van der Waals surface area contributed by atoms with Gasteiger partial charge in [-0.05, 0) is 32.0 Å². The Morgan fingerprint density at radius 1 is 1.17 bits per heavy atom. The number of amides is 2. The van der Waals surface area contributed by atoms with Crippen LogP contribution in [0, 0.1) is 0 Å². The summed E-state index contributed by atoms with van der Waals surface area (Å²) in [6.45, 7) is 4.91. The van der Waals surface area contributed by atoms with Crippen LogP contribution >= 0.6 is 0 Å². The number of benzene rings is 2. The van der Waals surface area contributed by atoms with Gasteiger partial charge in [-0.15, -0.1) is 0 Å². The number of anilines is 1. The summed E-state index contributed by atoms with van der Waals surface area (Å²) >= 11 is 0. The highest BCUT2D eigenvalue weighted by Gasteiger charge is 2.32. The van der Waals surface area contributed by atoms with Crippen molar-refractivity contribution in [1.29, 1.82) is 0 Å². The Morgan fingerprint density at radius 3 is 2.75 bits per heavy atom. The summed E-state index contributed by atoms with van der Waals surface area (Å²) in [6.07, 6.45) is 0.872. The standard InChI is InChI=1S/C19H22N2O3/c1-19(2)13-14-7-6-10-16(17(14)24-19)23-12-11-20-18(22)21-15-8-4-3-5-9-15/h3-10H,11-13H2,1-2H3,(H2,20,21,22). The maximum Gasteiger partial charge on any atom is 0.319 e. The highest BCUT2D eigenvalue weighted by molar-refractivity contribution is 5.89. The number of urea groups is 1. The minimum absolute atomic E-state index is 0.199. The number of nitrogens with one attached hydrogen (secondary N) is 2. The number of carbonyl (C=O) groups is 1. The van der Waals surface area contributed by atoms with Gasteiger partial charge in [0.15, 0.2) is 11.5 Å². The molecule has 3 rings (SSSR count). The molecular weight excluding hydrogens is 304 g/mol. The van der Waals surface area contributed by atoms with Crippen molar-refractivity contribution in [3.8, 4) is 11.5 Å². The Balaban J connectivity index is 1.46. The number of fused-ring (bicyclic) bond motifs is 1. The second-order valence-electron chi connectivity index (χ2n) is 6.38. The molecule has 126 valence electrons. The molecule has 2 aromatic rings. The van der Waals surface area contributed by atoms with Crippen LogP contribution in [0.1, 0.15) is 19.4 Å². The number of hydrogen-bond donors (Lipinski definition) is 2. The first-order chi connectivity index (χ1) is 11.5. The Kier molecular flexibility index (Phi) is 4.60. The van der Waals surface area contributed by atoms with Crippen LogP contribution in [0.25, 0.3) is 0 Å². The van der Waals surface area contributed by atoms with Crippen LogP contribution in [0.3, 0.4) is 0 Å². The zero-order valence-electron chi connectivity index (χ0n) is 14.0. The molecule has 2 amide bonds. The van der Waals surface area contributed by atoms with Gasteiger partial charge in [-0.25, -0.2) is 4.79 Å². The normalized spacial score (nSPS) is 14.4. The van der Waals surface area contributed by atoms with Gasteiger partial charge in [0.25, 0.3) is 0 Å². The van der Waals surface area contributed by atoms with E-state index in [-0.39, 0.29) is 11.6 Å². The van der Waals surface area contributed by atoms with Gasteiger partial charge in [0.1, 0.15) is 12.2 Å². The molecule has 1 heterocycles. The van der Waals surface area contributed by atoms with Gasteiger partial charge in [0.05, 0.1) is 6.54 Å². The zero-order valence-corrected chi connectivity index (χ0v) is 14.0. The molecular formula is C19H22N2O3. The lowest BCUT2D eigenvalue weighted by molar-refractivity contribution is 0.132. The quantitative estimate of drug-likeness (QED) is 0.825. The van der Waals surface area contributed by atoms with Gasteiger partial charge in [-0.2, -0.15) is 0 Å². The zero-order chi connectivity index (χ0) is 17.0. The van der Waals surface area contributed by atoms with Crippen molar-refractivity contribution in [1.82, 2.24) is 5.32 Å². The van der Waals surface area contributed by atoms with Crippen molar-refractivity contribution in [3.63, 3.8) is 0 Å². The summed E-state index contributed by atoms with van der Waals surface area (Å²) in [5.74, 6) is 1.54. The van der Waals surface area contributed by atoms with Crippen molar-refractivity contribution in [3.05, 3.63) is 54.1 Å².